The molecule has 0 saturated heterocycles. The number of aliphatic hydroxyl groups is 1. The Balaban J connectivity index is 1.55. The molecular formula is C16H25N3O. The second-order valence-corrected chi connectivity index (χ2v) is 7.60. The quantitative estimate of drug-likeness (QED) is 0.885. The van der Waals surface area contributed by atoms with Gasteiger partial charge in [0.2, 0.25) is 0 Å². The molecule has 4 nitrogen and oxygen atoms in total. The van der Waals surface area contributed by atoms with E-state index in [1.807, 2.05) is 6.07 Å². The van der Waals surface area contributed by atoms with Crippen molar-refractivity contribution in [3.63, 3.8) is 0 Å². The Morgan fingerprint density at radius 1 is 1.20 bits per heavy atom. The Morgan fingerprint density at radius 3 is 2.35 bits per heavy atom. The molecule has 4 heteroatoms. The first kappa shape index (κ1) is 12.7. The van der Waals surface area contributed by atoms with Crippen molar-refractivity contribution in [1.29, 1.82) is 0 Å². The number of hydrogen-bond acceptors (Lipinski definition) is 3. The van der Waals surface area contributed by atoms with Gasteiger partial charge >= 0.3 is 0 Å². The summed E-state index contributed by atoms with van der Waals surface area (Å²) < 4.78 is 1.75. The van der Waals surface area contributed by atoms with E-state index in [4.69, 9.17) is 10.8 Å². The smallest absolute Gasteiger partial charge is 0.122 e. The topological polar surface area (TPSA) is 64.1 Å². The maximum Gasteiger partial charge on any atom is 0.122 e. The minimum Gasteiger partial charge on any atom is -0.394 e. The lowest BCUT2D eigenvalue weighted by molar-refractivity contribution is -0.0527. The Morgan fingerprint density at radius 2 is 1.80 bits per heavy atom. The number of aromatic nitrogens is 2. The van der Waals surface area contributed by atoms with Crippen molar-refractivity contribution in [2.24, 2.45) is 23.2 Å². The fourth-order valence-electron chi connectivity index (χ4n) is 5.74. The minimum atomic E-state index is 0.0999. The molecule has 110 valence electrons. The maximum absolute atomic E-state index is 9.04. The number of nitrogens with zero attached hydrogens (tertiary/aromatic N) is 2. The summed E-state index contributed by atoms with van der Waals surface area (Å²) in [5.74, 6) is 3.65. The lowest BCUT2D eigenvalue weighted by Crippen LogP contribution is -2.47. The fraction of sp³-hybridized carbons (Fsp3) is 0.812. The molecule has 1 heterocycles. The number of nitrogens with two attached hydrogens (primary N) is 1. The minimum absolute atomic E-state index is 0.0999. The molecule has 0 aliphatic heterocycles. The number of hydrogen-bond donors (Lipinski definition) is 2. The molecule has 1 aromatic heterocycles. The van der Waals surface area contributed by atoms with E-state index < -0.39 is 0 Å². The summed E-state index contributed by atoms with van der Waals surface area (Å²) >= 11 is 0. The van der Waals surface area contributed by atoms with Crippen molar-refractivity contribution >= 4 is 5.82 Å². The summed E-state index contributed by atoms with van der Waals surface area (Å²) in [4.78, 5) is 0. The lowest BCUT2D eigenvalue weighted by atomic mass is 9.48. The van der Waals surface area contributed by atoms with Crippen LogP contribution in [0.5, 0.6) is 0 Å². The lowest BCUT2D eigenvalue weighted by Gasteiger charge is -2.56. The van der Waals surface area contributed by atoms with E-state index >= 15 is 0 Å². The van der Waals surface area contributed by atoms with Crippen LogP contribution in [0.15, 0.2) is 6.07 Å². The molecule has 4 aliphatic rings. The summed E-state index contributed by atoms with van der Waals surface area (Å²) in [6.45, 7) is 0.607. The van der Waals surface area contributed by atoms with Crippen LogP contribution in [0.3, 0.4) is 0 Å². The molecule has 0 amide bonds. The third kappa shape index (κ3) is 2.05. The normalized spacial score (nSPS) is 38.5. The van der Waals surface area contributed by atoms with Crippen molar-refractivity contribution < 1.29 is 5.11 Å². The zero-order valence-electron chi connectivity index (χ0n) is 12.1. The van der Waals surface area contributed by atoms with Crippen LogP contribution in [0.1, 0.15) is 44.2 Å². The summed E-state index contributed by atoms with van der Waals surface area (Å²) in [7, 11) is 0. The van der Waals surface area contributed by atoms with Crippen LogP contribution < -0.4 is 5.73 Å². The first-order valence-corrected chi connectivity index (χ1v) is 8.09. The summed E-state index contributed by atoms with van der Waals surface area (Å²) in [5, 5.41) is 13.6. The van der Waals surface area contributed by atoms with Gasteiger partial charge in [-0.25, -0.2) is 4.68 Å². The van der Waals surface area contributed by atoms with Crippen molar-refractivity contribution in [2.45, 2.75) is 51.5 Å². The van der Waals surface area contributed by atoms with Gasteiger partial charge in [0.05, 0.1) is 18.8 Å². The third-order valence-electron chi connectivity index (χ3n) is 5.89. The Kier molecular flexibility index (Phi) is 2.85. The number of anilines is 1. The molecule has 0 atom stereocenters. The van der Waals surface area contributed by atoms with E-state index in [0.717, 1.165) is 29.9 Å². The highest BCUT2D eigenvalue weighted by Crippen LogP contribution is 2.60. The third-order valence-corrected chi connectivity index (χ3v) is 5.89. The number of aliphatic hydroxyl groups excluding tert-OH is 1. The van der Waals surface area contributed by atoms with Gasteiger partial charge < -0.3 is 10.8 Å². The summed E-state index contributed by atoms with van der Waals surface area (Å²) in [6.07, 6.45) is 9.78. The van der Waals surface area contributed by atoms with Gasteiger partial charge in [-0.05, 0) is 68.1 Å². The van der Waals surface area contributed by atoms with E-state index in [2.05, 4.69) is 5.10 Å². The van der Waals surface area contributed by atoms with Crippen LogP contribution in [0.25, 0.3) is 0 Å². The molecule has 0 spiro atoms. The average Bonchev–Trinajstić information content (AvgIpc) is 2.67. The molecule has 0 radical (unpaired) electrons. The van der Waals surface area contributed by atoms with E-state index in [-0.39, 0.29) is 6.61 Å². The zero-order chi connectivity index (χ0) is 13.7. The van der Waals surface area contributed by atoms with Gasteiger partial charge in [-0.1, -0.05) is 0 Å². The Labute approximate surface area is 120 Å². The zero-order valence-corrected chi connectivity index (χ0v) is 12.1. The molecule has 3 N–H and O–H groups in total. The highest BCUT2D eigenvalue weighted by Gasteiger charge is 2.50. The molecule has 0 unspecified atom stereocenters. The van der Waals surface area contributed by atoms with Gasteiger partial charge in [-0.15, -0.1) is 0 Å². The molecule has 20 heavy (non-hydrogen) atoms. The number of nitrogen functional groups attached to an aromatic ring is 1. The van der Waals surface area contributed by atoms with Gasteiger partial charge in [-0.2, -0.15) is 5.10 Å². The van der Waals surface area contributed by atoms with Gasteiger partial charge in [0.1, 0.15) is 5.82 Å². The van der Waals surface area contributed by atoms with Crippen LogP contribution in [0.4, 0.5) is 5.82 Å². The monoisotopic (exact) mass is 275 g/mol. The maximum atomic E-state index is 9.04. The molecular weight excluding hydrogens is 250 g/mol. The van der Waals surface area contributed by atoms with Crippen molar-refractivity contribution in [2.75, 3.05) is 12.3 Å². The first-order valence-electron chi connectivity index (χ1n) is 8.09. The average molecular weight is 275 g/mol. The van der Waals surface area contributed by atoms with E-state index in [9.17, 15) is 0 Å². The first-order chi connectivity index (χ1) is 9.66. The summed E-state index contributed by atoms with van der Waals surface area (Å²) in [6, 6.07) is 2.02. The SMILES string of the molecule is Nc1cc(CC23CC4CC(CC(C4)C2)C3)nn1CCO. The Hall–Kier alpha value is -1.03. The molecule has 4 aliphatic carbocycles. The van der Waals surface area contributed by atoms with Crippen LogP contribution in [0, 0.1) is 23.2 Å². The van der Waals surface area contributed by atoms with E-state index in [0.29, 0.717) is 17.8 Å². The van der Waals surface area contributed by atoms with Gasteiger partial charge in [0, 0.05) is 6.07 Å². The number of rotatable bonds is 4. The van der Waals surface area contributed by atoms with E-state index in [1.54, 1.807) is 4.68 Å². The van der Waals surface area contributed by atoms with Crippen molar-refractivity contribution in [3.8, 4) is 0 Å². The van der Waals surface area contributed by atoms with E-state index in [1.165, 1.54) is 38.5 Å². The molecule has 4 bridgehead atoms. The van der Waals surface area contributed by atoms with Crippen LogP contribution in [-0.4, -0.2) is 21.5 Å². The molecule has 1 aromatic rings. The predicted octanol–water partition coefficient (Wildman–Crippen LogP) is 2.22. The van der Waals surface area contributed by atoms with Crippen LogP contribution in [-0.2, 0) is 13.0 Å². The molecule has 5 rings (SSSR count). The highest BCUT2D eigenvalue weighted by atomic mass is 16.3. The largest absolute Gasteiger partial charge is 0.394 e. The molecule has 4 saturated carbocycles. The molecule has 4 fully saturated rings. The van der Waals surface area contributed by atoms with Crippen molar-refractivity contribution in [3.05, 3.63) is 11.8 Å². The highest BCUT2D eigenvalue weighted by molar-refractivity contribution is 5.31. The van der Waals surface area contributed by atoms with Crippen molar-refractivity contribution in [1.82, 2.24) is 9.78 Å². The van der Waals surface area contributed by atoms with Crippen LogP contribution >= 0.6 is 0 Å². The van der Waals surface area contributed by atoms with Gasteiger partial charge in [0.25, 0.3) is 0 Å². The Bertz CT molecular complexity index is 473. The van der Waals surface area contributed by atoms with Gasteiger partial charge in [-0.3, -0.25) is 0 Å². The van der Waals surface area contributed by atoms with Crippen LogP contribution in [0.2, 0.25) is 0 Å². The second kappa shape index (κ2) is 4.48. The predicted molar refractivity (Wildman–Crippen MR) is 78.0 cm³/mol. The standard InChI is InChI=1S/C16H25N3O/c17-15-6-14(18-19(15)1-2-20)10-16-7-11-3-12(8-16)5-13(4-11)9-16/h6,11-13,20H,1-5,7-10,17H2. The fourth-order valence-corrected chi connectivity index (χ4v) is 5.74. The second-order valence-electron chi connectivity index (χ2n) is 7.60. The molecule has 0 aromatic carbocycles. The summed E-state index contributed by atoms with van der Waals surface area (Å²) in [5.41, 5.74) is 7.63. The van der Waals surface area contributed by atoms with Gasteiger partial charge in [0.15, 0.2) is 0 Å².